The minimum absolute atomic E-state index is 0.378. The van der Waals surface area contributed by atoms with Gasteiger partial charge in [0.2, 0.25) is 0 Å². The molecule has 0 aliphatic heterocycles. The van der Waals surface area contributed by atoms with E-state index in [1.807, 2.05) is 0 Å². The van der Waals surface area contributed by atoms with E-state index in [1.165, 1.54) is 0 Å². The van der Waals surface area contributed by atoms with Crippen LogP contribution in [0.1, 0.15) is 96.9 Å². The largest absolute Gasteiger partial charge is 0.0588 e. The Balaban J connectivity index is 2.06. The Morgan fingerprint density at radius 1 is 0.208 bits per heavy atom. The monoisotopic (exact) mass is 330 g/mol. The second kappa shape index (κ2) is 3.09. The van der Waals surface area contributed by atoms with Crippen LogP contribution in [0.5, 0.6) is 0 Å². The van der Waals surface area contributed by atoms with Gasteiger partial charge in [-0.05, 0) is 54.1 Å². The first kappa shape index (κ1) is 17.4. The Hall–Kier alpha value is 0. The molecule has 0 bridgehead atoms. The zero-order chi connectivity index (χ0) is 19.0. The van der Waals surface area contributed by atoms with Gasteiger partial charge < -0.3 is 0 Å². The number of hydrogen-bond donors (Lipinski definition) is 0. The fourth-order valence-corrected chi connectivity index (χ4v) is 12.2. The molecule has 0 amide bonds. The number of hydrogen-bond acceptors (Lipinski definition) is 0. The Morgan fingerprint density at radius 3 is 0.458 bits per heavy atom. The summed E-state index contributed by atoms with van der Waals surface area (Å²) in [5.74, 6) is 0. The van der Waals surface area contributed by atoms with Crippen LogP contribution in [0.25, 0.3) is 0 Å². The van der Waals surface area contributed by atoms with Crippen LogP contribution in [0.2, 0.25) is 0 Å². The van der Waals surface area contributed by atoms with Gasteiger partial charge in [-0.15, -0.1) is 0 Å². The quantitative estimate of drug-likeness (QED) is 0.441. The highest BCUT2D eigenvalue weighted by Gasteiger charge is 3.11. The average Bonchev–Trinajstić information content (AvgIpc) is 2.47. The van der Waals surface area contributed by atoms with Gasteiger partial charge in [0.05, 0.1) is 0 Å². The van der Waals surface area contributed by atoms with Crippen molar-refractivity contribution in [1.82, 2.24) is 0 Å². The maximum Gasteiger partial charge on any atom is -0.0131 e. The van der Waals surface area contributed by atoms with Gasteiger partial charge in [-0.2, -0.15) is 0 Å². The molecular weight excluding hydrogens is 288 g/mol. The van der Waals surface area contributed by atoms with E-state index in [0.29, 0.717) is 54.1 Å². The molecule has 4 aliphatic rings. The molecule has 4 rings (SSSR count). The van der Waals surface area contributed by atoms with E-state index in [9.17, 15) is 0 Å². The van der Waals surface area contributed by atoms with E-state index in [1.54, 1.807) is 0 Å². The molecule has 0 N–H and O–H groups in total. The van der Waals surface area contributed by atoms with Crippen molar-refractivity contribution in [2.45, 2.75) is 96.9 Å². The predicted octanol–water partition coefficient (Wildman–Crippen LogP) is 7.18. The van der Waals surface area contributed by atoms with Crippen LogP contribution in [0.3, 0.4) is 0 Å². The highest BCUT2D eigenvalue weighted by Crippen LogP contribution is 3.15. The Kier molecular flexibility index (Phi) is 2.24. The Morgan fingerprint density at radius 2 is 0.333 bits per heavy atom. The van der Waals surface area contributed by atoms with Gasteiger partial charge in [-0.3, -0.25) is 0 Å². The van der Waals surface area contributed by atoms with Gasteiger partial charge in [0, 0.05) is 0 Å². The molecule has 4 fully saturated rings. The number of fused-ring (bicyclic) bond motifs is 7. The van der Waals surface area contributed by atoms with Gasteiger partial charge >= 0.3 is 0 Å². The van der Waals surface area contributed by atoms with Crippen LogP contribution in [-0.2, 0) is 0 Å². The first-order valence-corrected chi connectivity index (χ1v) is 10.2. The summed E-state index contributed by atoms with van der Waals surface area (Å²) in [6.45, 7) is 36.5. The van der Waals surface area contributed by atoms with Crippen molar-refractivity contribution in [2.24, 2.45) is 54.1 Å². The molecular formula is C24H42. The summed E-state index contributed by atoms with van der Waals surface area (Å²) >= 11 is 0. The Bertz CT molecular complexity index is 577. The van der Waals surface area contributed by atoms with Crippen LogP contribution < -0.4 is 0 Å². The van der Waals surface area contributed by atoms with E-state index in [4.69, 9.17) is 0 Å². The van der Waals surface area contributed by atoms with Gasteiger partial charge in [0.25, 0.3) is 0 Å². The zero-order valence-electron chi connectivity index (χ0n) is 19.0. The second-order valence-corrected chi connectivity index (χ2v) is 13.2. The lowest BCUT2D eigenvalue weighted by molar-refractivity contribution is -0.672. The molecule has 0 nitrogen and oxygen atoms in total. The summed E-state index contributed by atoms with van der Waals surface area (Å²) in [5, 5.41) is 0. The Labute approximate surface area is 151 Å². The molecule has 0 saturated heterocycles. The second-order valence-electron chi connectivity index (χ2n) is 13.2. The van der Waals surface area contributed by atoms with Crippen molar-refractivity contribution in [1.29, 1.82) is 0 Å². The maximum absolute atomic E-state index is 2.68. The molecule has 4 saturated carbocycles. The van der Waals surface area contributed by atoms with Gasteiger partial charge in [0.15, 0.2) is 0 Å². The van der Waals surface area contributed by atoms with Gasteiger partial charge in [-0.1, -0.05) is 96.9 Å². The third-order valence-electron chi connectivity index (χ3n) is 15.1. The van der Waals surface area contributed by atoms with Crippen molar-refractivity contribution in [2.75, 3.05) is 0 Å². The number of rotatable bonds is 0. The molecule has 0 aromatic heterocycles. The molecule has 0 aromatic rings. The van der Waals surface area contributed by atoms with Crippen molar-refractivity contribution < 1.29 is 0 Å². The third-order valence-corrected chi connectivity index (χ3v) is 15.1. The molecule has 4 aliphatic carbocycles. The van der Waals surface area contributed by atoms with Crippen LogP contribution >= 0.6 is 0 Å². The minimum atomic E-state index is 0.378. The molecule has 0 radical (unpaired) electrons. The van der Waals surface area contributed by atoms with Gasteiger partial charge in [-0.25, -0.2) is 0 Å². The lowest BCUT2D eigenvalue weighted by Gasteiger charge is -3.13. The van der Waals surface area contributed by atoms with E-state index >= 15 is 0 Å². The summed E-state index contributed by atoms with van der Waals surface area (Å²) in [7, 11) is 0. The summed E-state index contributed by atoms with van der Waals surface area (Å²) in [4.78, 5) is 0. The molecule has 0 heterocycles. The van der Waals surface area contributed by atoms with Crippen molar-refractivity contribution in [3.63, 3.8) is 0 Å². The summed E-state index contributed by atoms with van der Waals surface area (Å²) in [6, 6.07) is 0. The molecule has 0 heteroatoms. The predicted molar refractivity (Wildman–Crippen MR) is 104 cm³/mol. The molecule has 24 heavy (non-hydrogen) atoms. The smallest absolute Gasteiger partial charge is 0.0131 e. The highest BCUT2D eigenvalue weighted by molar-refractivity contribution is 5.57. The third kappa shape index (κ3) is 0.709. The molecule has 0 aromatic carbocycles. The standard InChI is InChI=1S/C24H42/c1-15(2)16(3,4)20(10)19(15,9)23(13)21(11)17(5,6)18(7,8)22(21,12)24(20,23)14/h1-14H3. The van der Waals surface area contributed by atoms with Crippen molar-refractivity contribution >= 4 is 0 Å². The topological polar surface area (TPSA) is 0 Å². The normalized spacial score (nSPS) is 65.8. The van der Waals surface area contributed by atoms with Gasteiger partial charge in [0.1, 0.15) is 0 Å². The summed E-state index contributed by atoms with van der Waals surface area (Å²) < 4.78 is 0. The zero-order valence-corrected chi connectivity index (χ0v) is 19.0. The van der Waals surface area contributed by atoms with Crippen molar-refractivity contribution in [3.8, 4) is 0 Å². The van der Waals surface area contributed by atoms with Crippen LogP contribution in [0.15, 0.2) is 0 Å². The summed E-state index contributed by atoms with van der Waals surface area (Å²) in [5.41, 5.74) is 3.98. The lowest BCUT2D eigenvalue weighted by Crippen LogP contribution is -3.10. The fourth-order valence-electron chi connectivity index (χ4n) is 12.2. The molecule has 4 unspecified atom stereocenters. The average molecular weight is 331 g/mol. The SMILES string of the molecule is CC1(C)C(C)(C)C2(C)C1(C)C1(C)C3(C)C(C)(C)C(C)(C)C3(C)C21C. The van der Waals surface area contributed by atoms with E-state index in [2.05, 4.69) is 96.9 Å². The van der Waals surface area contributed by atoms with Crippen LogP contribution in [-0.4, -0.2) is 0 Å². The van der Waals surface area contributed by atoms with E-state index in [-0.39, 0.29) is 0 Å². The fraction of sp³-hybridized carbons (Fsp3) is 1.00. The maximum atomic E-state index is 2.68. The van der Waals surface area contributed by atoms with Crippen LogP contribution in [0, 0.1) is 54.1 Å². The summed E-state index contributed by atoms with van der Waals surface area (Å²) in [6.07, 6.45) is 0. The van der Waals surface area contributed by atoms with E-state index < -0.39 is 0 Å². The molecule has 0 spiro atoms. The molecule has 4 atom stereocenters. The lowest BCUT2D eigenvalue weighted by atomic mass is 8.90. The molecule has 138 valence electrons. The highest BCUT2D eigenvalue weighted by atomic mass is 15.1. The first-order valence-electron chi connectivity index (χ1n) is 10.2. The minimum Gasteiger partial charge on any atom is -0.0588 e. The van der Waals surface area contributed by atoms with Crippen LogP contribution in [0.4, 0.5) is 0 Å². The van der Waals surface area contributed by atoms with E-state index in [0.717, 1.165) is 0 Å². The van der Waals surface area contributed by atoms with Crippen molar-refractivity contribution in [3.05, 3.63) is 0 Å². The first-order chi connectivity index (χ1) is 10.2.